The van der Waals surface area contributed by atoms with Crippen LogP contribution in [0.1, 0.15) is 24.2 Å². The molecule has 0 saturated carbocycles. The SMILES string of the molecule is CSC(C)(C)CNc1cc(C(N)=O)ccc1[N+](=O)[O-]. The highest BCUT2D eigenvalue weighted by molar-refractivity contribution is 7.99. The van der Waals surface area contributed by atoms with E-state index in [1.165, 1.54) is 18.2 Å². The van der Waals surface area contributed by atoms with Gasteiger partial charge in [0.2, 0.25) is 5.91 Å². The summed E-state index contributed by atoms with van der Waals surface area (Å²) in [5.74, 6) is -0.609. The van der Waals surface area contributed by atoms with E-state index < -0.39 is 10.8 Å². The van der Waals surface area contributed by atoms with Gasteiger partial charge < -0.3 is 11.1 Å². The second kappa shape index (κ2) is 5.92. The van der Waals surface area contributed by atoms with Crippen LogP contribution in [0, 0.1) is 10.1 Å². The molecule has 3 N–H and O–H groups in total. The Kier molecular flexibility index (Phi) is 4.77. The third-order valence-corrected chi connectivity index (χ3v) is 3.98. The lowest BCUT2D eigenvalue weighted by Gasteiger charge is -2.22. The molecular formula is C12H17N3O3S. The van der Waals surface area contributed by atoms with E-state index in [-0.39, 0.29) is 16.0 Å². The van der Waals surface area contributed by atoms with Crippen molar-refractivity contribution in [3.05, 3.63) is 33.9 Å². The number of rotatable bonds is 6. The number of amides is 1. The zero-order valence-corrected chi connectivity index (χ0v) is 11.9. The van der Waals surface area contributed by atoms with Crippen molar-refractivity contribution in [3.63, 3.8) is 0 Å². The summed E-state index contributed by atoms with van der Waals surface area (Å²) in [7, 11) is 0. The second-order valence-corrected chi connectivity index (χ2v) is 6.18. The van der Waals surface area contributed by atoms with Crippen LogP contribution < -0.4 is 11.1 Å². The monoisotopic (exact) mass is 283 g/mol. The molecule has 0 saturated heterocycles. The maximum absolute atomic E-state index is 11.1. The van der Waals surface area contributed by atoms with Crippen LogP contribution >= 0.6 is 11.8 Å². The highest BCUT2D eigenvalue weighted by Crippen LogP contribution is 2.28. The molecule has 0 radical (unpaired) electrons. The number of hydrogen-bond acceptors (Lipinski definition) is 5. The van der Waals surface area contributed by atoms with Crippen molar-refractivity contribution >= 4 is 29.0 Å². The molecule has 0 unspecified atom stereocenters. The number of carbonyl (C=O) groups is 1. The molecule has 1 amide bonds. The lowest BCUT2D eigenvalue weighted by Crippen LogP contribution is -2.26. The fourth-order valence-corrected chi connectivity index (χ4v) is 1.59. The fraction of sp³-hybridized carbons (Fsp3) is 0.417. The van der Waals surface area contributed by atoms with Crippen molar-refractivity contribution in [2.45, 2.75) is 18.6 Å². The minimum absolute atomic E-state index is 0.0677. The minimum Gasteiger partial charge on any atom is -0.378 e. The average Bonchev–Trinajstić information content (AvgIpc) is 2.35. The summed E-state index contributed by atoms with van der Waals surface area (Å²) in [5.41, 5.74) is 5.66. The fourth-order valence-electron chi connectivity index (χ4n) is 1.37. The van der Waals surface area contributed by atoms with Gasteiger partial charge in [0.15, 0.2) is 0 Å². The van der Waals surface area contributed by atoms with Gasteiger partial charge in [-0.3, -0.25) is 14.9 Å². The van der Waals surface area contributed by atoms with Crippen molar-refractivity contribution in [1.82, 2.24) is 0 Å². The number of hydrogen-bond donors (Lipinski definition) is 2. The van der Waals surface area contributed by atoms with Crippen LogP contribution in [0.5, 0.6) is 0 Å². The van der Waals surface area contributed by atoms with Crippen LogP contribution in [0.3, 0.4) is 0 Å². The topological polar surface area (TPSA) is 98.3 Å². The second-order valence-electron chi connectivity index (χ2n) is 4.67. The number of nitrogens with one attached hydrogen (secondary N) is 1. The zero-order chi connectivity index (χ0) is 14.6. The first kappa shape index (κ1) is 15.3. The summed E-state index contributed by atoms with van der Waals surface area (Å²) < 4.78 is -0.0728. The van der Waals surface area contributed by atoms with Crippen molar-refractivity contribution in [2.75, 3.05) is 18.1 Å². The number of nitro groups is 1. The van der Waals surface area contributed by atoms with Gasteiger partial charge in [-0.1, -0.05) is 0 Å². The molecule has 0 aromatic heterocycles. The van der Waals surface area contributed by atoms with Crippen LogP contribution in [0.2, 0.25) is 0 Å². The Morgan fingerprint density at radius 1 is 1.53 bits per heavy atom. The minimum atomic E-state index is -0.609. The average molecular weight is 283 g/mol. The number of primary amides is 1. The number of carbonyl (C=O) groups excluding carboxylic acids is 1. The van der Waals surface area contributed by atoms with Gasteiger partial charge in [0.25, 0.3) is 5.69 Å². The predicted octanol–water partition coefficient (Wildman–Crippen LogP) is 2.25. The Morgan fingerprint density at radius 3 is 2.63 bits per heavy atom. The van der Waals surface area contributed by atoms with Crippen LogP contribution in [0.25, 0.3) is 0 Å². The third-order valence-electron chi connectivity index (χ3n) is 2.73. The van der Waals surface area contributed by atoms with Crippen LogP contribution in [0.15, 0.2) is 18.2 Å². The van der Waals surface area contributed by atoms with Crippen LogP contribution in [-0.2, 0) is 0 Å². The largest absolute Gasteiger partial charge is 0.378 e. The van der Waals surface area contributed by atoms with E-state index in [0.29, 0.717) is 12.2 Å². The summed E-state index contributed by atoms with van der Waals surface area (Å²) in [6.45, 7) is 4.58. The Balaban J connectivity index is 3.04. The number of anilines is 1. The zero-order valence-electron chi connectivity index (χ0n) is 11.1. The molecule has 1 aromatic rings. The van der Waals surface area contributed by atoms with Gasteiger partial charge in [-0.2, -0.15) is 11.8 Å². The number of nitro benzene ring substituents is 1. The van der Waals surface area contributed by atoms with E-state index in [0.717, 1.165) is 0 Å². The lowest BCUT2D eigenvalue weighted by molar-refractivity contribution is -0.384. The number of nitrogens with zero attached hydrogens (tertiary/aromatic N) is 1. The first-order chi connectivity index (χ1) is 8.76. The molecular weight excluding hydrogens is 266 g/mol. The Hall–Kier alpha value is -1.76. The maximum atomic E-state index is 11.1. The molecule has 0 atom stereocenters. The molecule has 0 fully saturated rings. The molecule has 0 aliphatic heterocycles. The summed E-state index contributed by atoms with van der Waals surface area (Å²) in [5, 5.41) is 14.0. The van der Waals surface area contributed by atoms with E-state index in [4.69, 9.17) is 5.73 Å². The Morgan fingerprint density at radius 2 is 2.16 bits per heavy atom. The molecule has 19 heavy (non-hydrogen) atoms. The first-order valence-electron chi connectivity index (χ1n) is 5.64. The number of thioether (sulfide) groups is 1. The molecule has 1 rings (SSSR count). The van der Waals surface area contributed by atoms with Gasteiger partial charge in [0.05, 0.1) is 4.92 Å². The van der Waals surface area contributed by atoms with Crippen molar-refractivity contribution in [2.24, 2.45) is 5.73 Å². The Bertz CT molecular complexity index is 503. The molecule has 0 heterocycles. The molecule has 0 aliphatic carbocycles. The van der Waals surface area contributed by atoms with Crippen molar-refractivity contribution < 1.29 is 9.72 Å². The molecule has 7 heteroatoms. The summed E-state index contributed by atoms with van der Waals surface area (Å²) in [4.78, 5) is 21.6. The molecule has 0 bridgehead atoms. The molecule has 6 nitrogen and oxygen atoms in total. The van der Waals surface area contributed by atoms with Crippen molar-refractivity contribution in [3.8, 4) is 0 Å². The van der Waals surface area contributed by atoms with E-state index in [1.807, 2.05) is 20.1 Å². The van der Waals surface area contributed by atoms with Crippen LogP contribution in [0.4, 0.5) is 11.4 Å². The highest BCUT2D eigenvalue weighted by atomic mass is 32.2. The molecule has 0 aliphatic rings. The van der Waals surface area contributed by atoms with E-state index in [2.05, 4.69) is 5.32 Å². The first-order valence-corrected chi connectivity index (χ1v) is 6.86. The molecule has 0 spiro atoms. The third kappa shape index (κ3) is 4.13. The van der Waals surface area contributed by atoms with Gasteiger partial charge in [-0.05, 0) is 32.2 Å². The number of nitrogens with two attached hydrogens (primary N) is 1. The van der Waals surface area contributed by atoms with Gasteiger partial charge in [-0.15, -0.1) is 0 Å². The van der Waals surface area contributed by atoms with E-state index >= 15 is 0 Å². The smallest absolute Gasteiger partial charge is 0.292 e. The van der Waals surface area contributed by atoms with Gasteiger partial charge in [0, 0.05) is 22.9 Å². The van der Waals surface area contributed by atoms with Crippen molar-refractivity contribution in [1.29, 1.82) is 0 Å². The lowest BCUT2D eigenvalue weighted by atomic mass is 10.1. The quantitative estimate of drug-likeness (QED) is 0.616. The predicted molar refractivity (Wildman–Crippen MR) is 77.7 cm³/mol. The van der Waals surface area contributed by atoms with Gasteiger partial charge in [-0.25, -0.2) is 0 Å². The Labute approximate surface area is 115 Å². The van der Waals surface area contributed by atoms with Crippen LogP contribution in [-0.4, -0.2) is 28.4 Å². The van der Waals surface area contributed by atoms with Gasteiger partial charge in [0.1, 0.15) is 5.69 Å². The van der Waals surface area contributed by atoms with Gasteiger partial charge >= 0.3 is 0 Å². The van der Waals surface area contributed by atoms with E-state index in [1.54, 1.807) is 11.8 Å². The summed E-state index contributed by atoms with van der Waals surface area (Å²) >= 11 is 1.65. The number of benzene rings is 1. The summed E-state index contributed by atoms with van der Waals surface area (Å²) in [6, 6.07) is 4.05. The normalized spacial score (nSPS) is 11.1. The highest BCUT2D eigenvalue weighted by Gasteiger charge is 2.20. The van der Waals surface area contributed by atoms with E-state index in [9.17, 15) is 14.9 Å². The molecule has 1 aromatic carbocycles. The maximum Gasteiger partial charge on any atom is 0.292 e. The standard InChI is InChI=1S/C12H17N3O3S/c1-12(2,19-3)7-14-9-6-8(11(13)16)4-5-10(9)15(17)18/h4-6,14H,7H2,1-3H3,(H2,13,16). The summed E-state index contributed by atoms with van der Waals surface area (Å²) in [6.07, 6.45) is 1.97. The molecule has 104 valence electrons.